The van der Waals surface area contributed by atoms with E-state index in [2.05, 4.69) is 98.7 Å². The van der Waals surface area contributed by atoms with Crippen molar-refractivity contribution in [3.63, 3.8) is 0 Å². The van der Waals surface area contributed by atoms with Crippen LogP contribution in [-0.4, -0.2) is 68.4 Å². The van der Waals surface area contributed by atoms with Gasteiger partial charge in [0, 0.05) is 4.88 Å². The molecule has 2 N–H and O–H groups in total. The van der Waals surface area contributed by atoms with Crippen molar-refractivity contribution in [2.75, 3.05) is 13.2 Å². The number of hydrogen-bond donors (Lipinski definition) is 1. The topological polar surface area (TPSA) is 203 Å². The van der Waals surface area contributed by atoms with E-state index in [0.717, 1.165) is 24.9 Å². The van der Waals surface area contributed by atoms with Crippen molar-refractivity contribution in [3.8, 4) is 21.0 Å². The highest BCUT2D eigenvalue weighted by molar-refractivity contribution is 9.11. The molecule has 0 aromatic carbocycles. The van der Waals surface area contributed by atoms with E-state index in [1.54, 1.807) is 45.0 Å². The summed E-state index contributed by atoms with van der Waals surface area (Å²) in [7, 11) is 0. The van der Waals surface area contributed by atoms with Crippen LogP contribution in [0, 0.1) is 0 Å². The molecule has 0 spiro atoms. The Kier molecular flexibility index (Phi) is 17.2. The third-order valence-corrected chi connectivity index (χ3v) is 13.2. The van der Waals surface area contributed by atoms with Gasteiger partial charge in [-0.25, -0.2) is 19.0 Å². The Labute approximate surface area is 373 Å². The van der Waals surface area contributed by atoms with E-state index in [4.69, 9.17) is 15.1 Å². The number of carbonyl (C=O) groups is 4. The van der Waals surface area contributed by atoms with Crippen molar-refractivity contribution < 1.29 is 50.3 Å². The molecule has 7 aromatic rings. The summed E-state index contributed by atoms with van der Waals surface area (Å²) < 4.78 is 22.9. The monoisotopic (exact) mass is 1110 g/mol. The molecule has 0 aliphatic heterocycles. The van der Waals surface area contributed by atoms with Crippen LogP contribution in [0.25, 0.3) is 32.0 Å². The zero-order valence-electron chi connectivity index (χ0n) is 28.7. The number of halogens is 5. The second-order valence-corrected chi connectivity index (χ2v) is 20.3. The number of carbonyl (C=O) groups excluding carboxylic acids is 4. The van der Waals surface area contributed by atoms with Gasteiger partial charge in [0.1, 0.15) is 17.3 Å². The molecule has 14 nitrogen and oxygen atoms in total. The Morgan fingerprint density at radius 1 is 0.661 bits per heavy atom. The van der Waals surface area contributed by atoms with Gasteiger partial charge in [0.2, 0.25) is 11.6 Å². The summed E-state index contributed by atoms with van der Waals surface area (Å²) in [6.45, 7) is 5.76. The number of ketones is 2. The van der Waals surface area contributed by atoms with Gasteiger partial charge in [-0.3, -0.25) is 14.4 Å². The van der Waals surface area contributed by atoms with E-state index < -0.39 is 12.0 Å². The Hall–Kier alpha value is -3.06. The fourth-order valence-corrected chi connectivity index (χ4v) is 9.81. The lowest BCUT2D eigenvalue weighted by Gasteiger charge is -2.09. The predicted octanol–water partition coefficient (Wildman–Crippen LogP) is 6.86. The Morgan fingerprint density at radius 2 is 1.12 bits per heavy atom. The number of rotatable bonds is 10. The van der Waals surface area contributed by atoms with E-state index in [1.807, 2.05) is 24.3 Å². The van der Waals surface area contributed by atoms with Crippen molar-refractivity contribution in [1.82, 2.24) is 25.6 Å². The first kappa shape index (κ1) is 45.6. The number of nitrogens with two attached hydrogens (primary N) is 1. The smallest absolute Gasteiger partial charge is 0.357 e. The lowest BCUT2D eigenvalue weighted by molar-refractivity contribution is -0.144. The Morgan fingerprint density at radius 3 is 1.55 bits per heavy atom. The lowest BCUT2D eigenvalue weighted by atomic mass is 10.1. The van der Waals surface area contributed by atoms with Crippen molar-refractivity contribution in [1.29, 1.82) is 0 Å². The quantitative estimate of drug-likeness (QED) is 0.110. The summed E-state index contributed by atoms with van der Waals surface area (Å²) in [6, 6.07) is 13.9. The van der Waals surface area contributed by atoms with Crippen molar-refractivity contribution in [3.05, 3.63) is 90.5 Å². The largest absolute Gasteiger partial charge is 1.00 e. The average molecular weight is 1120 g/mol. The number of ether oxygens (including phenoxy) is 2. The third kappa shape index (κ3) is 11.1. The normalized spacial score (nSPS) is 11.1. The van der Waals surface area contributed by atoms with E-state index in [1.165, 1.54) is 45.3 Å². The summed E-state index contributed by atoms with van der Waals surface area (Å²) in [5.41, 5.74) is 7.30. The van der Waals surface area contributed by atoms with Crippen molar-refractivity contribution >= 4 is 144 Å². The zero-order chi connectivity index (χ0) is 39.8. The molecule has 7 aromatic heterocycles. The lowest BCUT2D eigenvalue weighted by Crippen LogP contribution is -3.00. The molecule has 0 aliphatic rings. The van der Waals surface area contributed by atoms with Gasteiger partial charge in [-0.05, 0) is 154 Å². The third-order valence-electron chi connectivity index (χ3n) is 6.68. The fourth-order valence-electron chi connectivity index (χ4n) is 4.35. The molecule has 0 radical (unpaired) electrons. The molecule has 7 heterocycles. The molecule has 1 unspecified atom stereocenters. The number of thiophene rings is 4. The van der Waals surface area contributed by atoms with E-state index >= 15 is 0 Å². The van der Waals surface area contributed by atoms with Crippen LogP contribution in [0.15, 0.2) is 72.9 Å². The maximum absolute atomic E-state index is 12.6. The van der Waals surface area contributed by atoms with E-state index in [-0.39, 0.29) is 53.6 Å². The predicted molar refractivity (Wildman–Crippen MR) is 223 cm³/mol. The van der Waals surface area contributed by atoms with Gasteiger partial charge < -0.3 is 27.6 Å². The molecule has 56 heavy (non-hydrogen) atoms. The number of hydrogen-bond acceptors (Lipinski definition) is 18. The molecule has 0 fully saturated rings. The molecule has 1 atom stereocenters. The minimum atomic E-state index is -0.506. The van der Waals surface area contributed by atoms with Crippen LogP contribution < -0.4 is 18.1 Å². The van der Waals surface area contributed by atoms with Gasteiger partial charge >= 0.3 is 11.9 Å². The number of aromatic nitrogens is 5. The van der Waals surface area contributed by atoms with Gasteiger partial charge in [0.15, 0.2) is 22.6 Å². The maximum Gasteiger partial charge on any atom is 0.357 e. The summed E-state index contributed by atoms with van der Waals surface area (Å²) in [5, 5.41) is 15.2. The molecule has 0 saturated carbocycles. The second kappa shape index (κ2) is 21.1. The summed E-state index contributed by atoms with van der Waals surface area (Å²) in [4.78, 5) is 54.9. The standard InChI is InChI=1S/C16H9Br2N3O3S2.C12H4Br2N2O3S2.C5H11NO2.ClH/c1-2-23-16(22)14-11(7-3-5-9(17)25-7)13-15(21-24-20-13)12(19-14)8-4-6-10(18)26-8;13-7-3-1-5(20-7)11(17)9-10(16-19-15-9)12(18)6-2-4-8(14)21-6;1-3-8-5(7)4(2)6;/h3-6H,2H2,1H3;1-4H;4H,3,6H2,1-2H3;1H/p-1. The van der Waals surface area contributed by atoms with Gasteiger partial charge in [-0.1, -0.05) is 0 Å². The minimum Gasteiger partial charge on any atom is -1.00 e. The van der Waals surface area contributed by atoms with E-state index in [9.17, 15) is 19.2 Å². The number of pyridine rings is 1. The van der Waals surface area contributed by atoms with Gasteiger partial charge in [-0.15, -0.1) is 45.3 Å². The van der Waals surface area contributed by atoms with Crippen LogP contribution >= 0.6 is 109 Å². The number of esters is 2. The van der Waals surface area contributed by atoms with Crippen LogP contribution in [0.2, 0.25) is 0 Å². The number of nitrogens with zero attached hydrogens (tertiary/aromatic N) is 5. The van der Waals surface area contributed by atoms with Gasteiger partial charge in [0.05, 0.1) is 48.6 Å². The van der Waals surface area contributed by atoms with Crippen molar-refractivity contribution in [2.45, 2.75) is 26.8 Å². The molecular formula is C33H24Br4ClN6O8S4-. The second-order valence-electron chi connectivity index (χ2n) is 10.4. The fraction of sp³-hybridized carbons (Fsp3) is 0.182. The Balaban J connectivity index is 0.000000209. The van der Waals surface area contributed by atoms with Crippen LogP contribution in [0.3, 0.4) is 0 Å². The molecule has 23 heteroatoms. The first-order valence-electron chi connectivity index (χ1n) is 15.5. The highest BCUT2D eigenvalue weighted by Crippen LogP contribution is 2.41. The molecule has 0 amide bonds. The molecule has 0 saturated heterocycles. The number of fused-ring (bicyclic) bond motifs is 1. The summed E-state index contributed by atoms with van der Waals surface area (Å²) >= 11 is 18.9. The van der Waals surface area contributed by atoms with Gasteiger partial charge in [0.25, 0.3) is 0 Å². The zero-order valence-corrected chi connectivity index (χ0v) is 39.1. The molecule has 0 bridgehead atoms. The van der Waals surface area contributed by atoms with Crippen LogP contribution in [-0.2, 0) is 14.3 Å². The first-order chi connectivity index (χ1) is 26.3. The van der Waals surface area contributed by atoms with Crippen LogP contribution in [0.4, 0.5) is 0 Å². The molecule has 0 aliphatic carbocycles. The average Bonchev–Trinajstić information content (AvgIpc) is 4.01. The molecule has 294 valence electrons. The summed E-state index contributed by atoms with van der Waals surface area (Å²) in [6.07, 6.45) is 0. The van der Waals surface area contributed by atoms with Gasteiger partial charge in [-0.2, -0.15) is 0 Å². The minimum absolute atomic E-state index is 0. The van der Waals surface area contributed by atoms with Crippen LogP contribution in [0.1, 0.15) is 62.0 Å². The molecule has 7 rings (SSSR count). The first-order valence-corrected chi connectivity index (χ1v) is 22.0. The summed E-state index contributed by atoms with van der Waals surface area (Å²) in [5.74, 6) is -1.61. The SMILES string of the molecule is CCOC(=O)C(C)N.CCOC(=O)c1nc(-c2ccc(Br)s2)c2nonc2c1-c1ccc(Br)s1.O=C(c1ccc(Br)s1)c1nonc1C(=O)c1ccc(Br)s1.[Cl-]. The Bertz CT molecular complexity index is 2410. The van der Waals surface area contributed by atoms with E-state index in [0.29, 0.717) is 38.7 Å². The highest BCUT2D eigenvalue weighted by Gasteiger charge is 2.29. The van der Waals surface area contributed by atoms with Crippen molar-refractivity contribution in [2.24, 2.45) is 5.73 Å². The highest BCUT2D eigenvalue weighted by atomic mass is 79.9. The van der Waals surface area contributed by atoms with Crippen LogP contribution in [0.5, 0.6) is 0 Å². The molecular weight excluding hydrogens is 1090 g/mol. The maximum atomic E-state index is 12.6.